The monoisotopic (exact) mass is 383 g/mol. The van der Waals surface area contributed by atoms with Gasteiger partial charge in [0.05, 0.1) is 11.8 Å². The molecule has 0 unspecified atom stereocenters. The molecule has 1 aromatic carbocycles. The Morgan fingerprint density at radius 1 is 1.41 bits per heavy atom. The molecule has 0 aliphatic rings. The molecule has 22 heavy (non-hydrogen) atoms. The van der Waals surface area contributed by atoms with Gasteiger partial charge in [0.15, 0.2) is 0 Å². The molecule has 2 rings (SSSR count). The highest BCUT2D eigenvalue weighted by molar-refractivity contribution is 9.10. The van der Waals surface area contributed by atoms with Crippen LogP contribution in [-0.2, 0) is 4.79 Å². The van der Waals surface area contributed by atoms with Crippen molar-refractivity contribution in [3.63, 3.8) is 0 Å². The number of nitrogens with two attached hydrogens (primary N) is 1. The second kappa shape index (κ2) is 7.64. The number of amides is 1. The number of benzene rings is 1. The third-order valence-corrected chi connectivity index (χ3v) is 4.65. The molecule has 0 fully saturated rings. The second-order valence-electron chi connectivity index (χ2n) is 4.77. The summed E-state index contributed by atoms with van der Waals surface area (Å²) < 4.78 is 2.40. The van der Waals surface area contributed by atoms with Gasteiger partial charge in [-0.25, -0.2) is 4.68 Å². The van der Waals surface area contributed by atoms with Crippen LogP contribution in [0.4, 0.5) is 0 Å². The molecule has 0 radical (unpaired) electrons. The fourth-order valence-corrected chi connectivity index (χ4v) is 2.91. The Balaban J connectivity index is 1.92. The van der Waals surface area contributed by atoms with Crippen molar-refractivity contribution in [3.05, 3.63) is 40.1 Å². The molecule has 0 spiro atoms. The molecule has 1 atom stereocenters. The molecule has 2 aromatic rings. The first-order chi connectivity index (χ1) is 10.5. The Kier molecular flexibility index (Phi) is 5.84. The maximum atomic E-state index is 12.1. The average Bonchev–Trinajstić information content (AvgIpc) is 2.83. The number of nitrogen functional groups attached to an aromatic ring is 1. The van der Waals surface area contributed by atoms with Gasteiger partial charge >= 0.3 is 0 Å². The minimum atomic E-state index is -0.0552. The van der Waals surface area contributed by atoms with Crippen LogP contribution in [-0.4, -0.2) is 26.5 Å². The molecule has 0 saturated carbocycles. The number of aryl methyl sites for hydroxylation is 1. The third-order valence-electron chi connectivity index (χ3n) is 3.18. The summed E-state index contributed by atoms with van der Waals surface area (Å²) in [7, 11) is 0. The SMILES string of the molecule is CC[C@@H](NC(=O)CSc1nnc(C)n1N)c1ccc(Br)cc1. The van der Waals surface area contributed by atoms with Crippen LogP contribution in [0, 0.1) is 6.92 Å². The van der Waals surface area contributed by atoms with E-state index in [1.54, 1.807) is 6.92 Å². The standard InChI is InChI=1S/C14H18BrN5OS/c1-3-12(10-4-6-11(15)7-5-10)17-13(21)8-22-14-19-18-9(2)20(14)16/h4-7,12H,3,8,16H2,1-2H3,(H,17,21)/t12-/m1/s1. The quantitative estimate of drug-likeness (QED) is 0.590. The van der Waals surface area contributed by atoms with Gasteiger partial charge in [0.2, 0.25) is 11.1 Å². The molecule has 0 bridgehead atoms. The summed E-state index contributed by atoms with van der Waals surface area (Å²) in [5, 5.41) is 11.3. The average molecular weight is 384 g/mol. The molecule has 0 aliphatic carbocycles. The maximum Gasteiger partial charge on any atom is 0.230 e. The van der Waals surface area contributed by atoms with E-state index in [9.17, 15) is 4.79 Å². The van der Waals surface area contributed by atoms with E-state index in [1.807, 2.05) is 31.2 Å². The number of halogens is 1. The van der Waals surface area contributed by atoms with Crippen molar-refractivity contribution in [2.45, 2.75) is 31.5 Å². The second-order valence-corrected chi connectivity index (χ2v) is 6.63. The molecule has 3 N–H and O–H groups in total. The van der Waals surface area contributed by atoms with Crippen LogP contribution >= 0.6 is 27.7 Å². The zero-order valence-electron chi connectivity index (χ0n) is 12.4. The van der Waals surface area contributed by atoms with Gasteiger partial charge in [-0.1, -0.05) is 46.7 Å². The molecule has 0 saturated heterocycles. The van der Waals surface area contributed by atoms with E-state index < -0.39 is 0 Å². The van der Waals surface area contributed by atoms with Gasteiger partial charge in [0.25, 0.3) is 0 Å². The van der Waals surface area contributed by atoms with Gasteiger partial charge < -0.3 is 11.2 Å². The normalized spacial score (nSPS) is 12.1. The van der Waals surface area contributed by atoms with Crippen molar-refractivity contribution in [2.75, 3.05) is 11.6 Å². The van der Waals surface area contributed by atoms with Crippen LogP contribution in [0.1, 0.15) is 30.8 Å². The Morgan fingerprint density at radius 2 is 2.09 bits per heavy atom. The van der Waals surface area contributed by atoms with Crippen LogP contribution in [0.3, 0.4) is 0 Å². The minimum Gasteiger partial charge on any atom is -0.349 e. The van der Waals surface area contributed by atoms with Gasteiger partial charge in [0, 0.05) is 4.47 Å². The molecule has 8 heteroatoms. The van der Waals surface area contributed by atoms with E-state index in [2.05, 4.69) is 31.4 Å². The third kappa shape index (κ3) is 4.23. The van der Waals surface area contributed by atoms with E-state index in [4.69, 9.17) is 5.84 Å². The minimum absolute atomic E-state index is 0.00122. The number of nitrogens with one attached hydrogen (secondary N) is 1. The number of rotatable bonds is 6. The molecular weight excluding hydrogens is 366 g/mol. The molecule has 0 aliphatic heterocycles. The van der Waals surface area contributed by atoms with Crippen molar-refractivity contribution < 1.29 is 4.79 Å². The number of nitrogens with zero attached hydrogens (tertiary/aromatic N) is 3. The fraction of sp³-hybridized carbons (Fsp3) is 0.357. The lowest BCUT2D eigenvalue weighted by Crippen LogP contribution is -2.29. The summed E-state index contributed by atoms with van der Waals surface area (Å²) in [4.78, 5) is 12.1. The topological polar surface area (TPSA) is 85.8 Å². The first kappa shape index (κ1) is 16.8. The van der Waals surface area contributed by atoms with Crippen molar-refractivity contribution in [1.82, 2.24) is 20.2 Å². The number of carbonyl (C=O) groups excluding carboxylic acids is 1. The van der Waals surface area contributed by atoms with E-state index in [1.165, 1.54) is 16.4 Å². The summed E-state index contributed by atoms with van der Waals surface area (Å²) in [6.45, 7) is 3.80. The van der Waals surface area contributed by atoms with E-state index in [0.717, 1.165) is 16.5 Å². The molecule has 6 nitrogen and oxygen atoms in total. The summed E-state index contributed by atoms with van der Waals surface area (Å²) >= 11 is 4.68. The van der Waals surface area contributed by atoms with E-state index in [-0.39, 0.29) is 17.7 Å². The number of hydrogen-bond donors (Lipinski definition) is 2. The highest BCUT2D eigenvalue weighted by Crippen LogP contribution is 2.20. The maximum absolute atomic E-state index is 12.1. The van der Waals surface area contributed by atoms with Crippen molar-refractivity contribution in [1.29, 1.82) is 0 Å². The highest BCUT2D eigenvalue weighted by atomic mass is 79.9. The Labute approximate surface area is 142 Å². The number of carbonyl (C=O) groups is 1. The highest BCUT2D eigenvalue weighted by Gasteiger charge is 2.14. The fourth-order valence-electron chi connectivity index (χ4n) is 1.93. The summed E-state index contributed by atoms with van der Waals surface area (Å²) in [5.41, 5.74) is 1.09. The molecule has 1 aromatic heterocycles. The Morgan fingerprint density at radius 3 is 2.64 bits per heavy atom. The molecule has 118 valence electrons. The van der Waals surface area contributed by atoms with Crippen molar-refractivity contribution in [2.24, 2.45) is 0 Å². The Bertz CT molecular complexity index is 643. The zero-order chi connectivity index (χ0) is 16.1. The first-order valence-corrected chi connectivity index (χ1v) is 8.63. The summed E-state index contributed by atoms with van der Waals surface area (Å²) in [5.74, 6) is 6.57. The molecule has 1 heterocycles. The van der Waals surface area contributed by atoms with E-state index in [0.29, 0.717) is 11.0 Å². The summed E-state index contributed by atoms with van der Waals surface area (Å²) in [6, 6.07) is 7.95. The van der Waals surface area contributed by atoms with Crippen LogP contribution in [0.5, 0.6) is 0 Å². The van der Waals surface area contributed by atoms with E-state index >= 15 is 0 Å². The van der Waals surface area contributed by atoms with Gasteiger partial charge in [-0.3, -0.25) is 4.79 Å². The van der Waals surface area contributed by atoms with Crippen LogP contribution < -0.4 is 11.2 Å². The predicted molar refractivity (Wildman–Crippen MR) is 91.0 cm³/mol. The lowest BCUT2D eigenvalue weighted by Gasteiger charge is -2.17. The lowest BCUT2D eigenvalue weighted by molar-refractivity contribution is -0.119. The number of aromatic nitrogens is 3. The number of hydrogen-bond acceptors (Lipinski definition) is 5. The van der Waals surface area contributed by atoms with Crippen LogP contribution in [0.25, 0.3) is 0 Å². The van der Waals surface area contributed by atoms with Crippen LogP contribution in [0.2, 0.25) is 0 Å². The van der Waals surface area contributed by atoms with Gasteiger partial charge in [-0.05, 0) is 31.0 Å². The smallest absolute Gasteiger partial charge is 0.230 e. The van der Waals surface area contributed by atoms with Crippen molar-refractivity contribution in [3.8, 4) is 0 Å². The van der Waals surface area contributed by atoms with Crippen molar-refractivity contribution >= 4 is 33.6 Å². The van der Waals surface area contributed by atoms with Gasteiger partial charge in [-0.15, -0.1) is 10.2 Å². The van der Waals surface area contributed by atoms with Crippen LogP contribution in [0.15, 0.2) is 33.9 Å². The molecular formula is C14H18BrN5OS. The van der Waals surface area contributed by atoms with Gasteiger partial charge in [-0.2, -0.15) is 0 Å². The zero-order valence-corrected chi connectivity index (χ0v) is 14.8. The lowest BCUT2D eigenvalue weighted by atomic mass is 10.0. The summed E-state index contributed by atoms with van der Waals surface area (Å²) in [6.07, 6.45) is 0.824. The molecule has 1 amide bonds. The predicted octanol–water partition coefficient (Wildman–Crippen LogP) is 2.42. The Hall–Kier alpha value is -1.54. The largest absolute Gasteiger partial charge is 0.349 e. The number of thioether (sulfide) groups is 1. The first-order valence-electron chi connectivity index (χ1n) is 6.86. The van der Waals surface area contributed by atoms with Gasteiger partial charge in [0.1, 0.15) is 5.82 Å².